The topological polar surface area (TPSA) is 9.23 Å². The molecule has 0 N–H and O–H groups in total. The van der Waals surface area contributed by atoms with Gasteiger partial charge in [-0.15, -0.1) is 0 Å². The summed E-state index contributed by atoms with van der Waals surface area (Å²) >= 11 is 0. The molecule has 0 aliphatic heterocycles. The molecule has 2 heteroatoms. The van der Waals surface area contributed by atoms with E-state index in [-0.39, 0.29) is 0 Å². The van der Waals surface area contributed by atoms with Crippen molar-refractivity contribution in [2.24, 2.45) is 0 Å². The summed E-state index contributed by atoms with van der Waals surface area (Å²) in [5.41, 5.74) is 0. The minimum Gasteiger partial charge on any atom is -0.382 e. The molecule has 9 heavy (non-hydrogen) atoms. The van der Waals surface area contributed by atoms with Crippen LogP contribution in [0, 0.1) is 0 Å². The molecule has 1 aliphatic rings. The van der Waals surface area contributed by atoms with E-state index in [1.807, 2.05) is 0 Å². The van der Waals surface area contributed by atoms with Gasteiger partial charge in [0.2, 0.25) is 0 Å². The van der Waals surface area contributed by atoms with Crippen LogP contribution < -0.4 is 0 Å². The maximum absolute atomic E-state index is 5.40. The van der Waals surface area contributed by atoms with E-state index in [2.05, 4.69) is 10.2 Å². The number of hydrogen-bond acceptors (Lipinski definition) is 1. The zero-order chi connectivity index (χ0) is 6.53. The van der Waals surface area contributed by atoms with Crippen molar-refractivity contribution in [3.63, 3.8) is 0 Å². The van der Waals surface area contributed by atoms with Crippen molar-refractivity contribution >= 4 is 10.2 Å². The smallest absolute Gasteiger partial charge is 0.0609 e. The predicted octanol–water partition coefficient (Wildman–Crippen LogP) is 1.46. The van der Waals surface area contributed by atoms with Crippen molar-refractivity contribution in [1.82, 2.24) is 0 Å². The van der Waals surface area contributed by atoms with Gasteiger partial charge >= 0.3 is 0 Å². The molecule has 3 radical (unpaired) electrons. The van der Waals surface area contributed by atoms with Crippen LogP contribution in [0.25, 0.3) is 0 Å². The van der Waals surface area contributed by atoms with E-state index in [0.29, 0.717) is 12.3 Å². The van der Waals surface area contributed by atoms with Crippen molar-refractivity contribution in [3.05, 3.63) is 0 Å². The predicted molar refractivity (Wildman–Crippen MR) is 38.6 cm³/mol. The van der Waals surface area contributed by atoms with E-state index in [0.717, 1.165) is 0 Å². The normalized spacial score (nSPS) is 22.3. The average Bonchev–Trinajstić information content (AvgIpc) is 1.91. The molecular weight excluding hydrogens is 128 g/mol. The third-order valence-electron chi connectivity index (χ3n) is 1.87. The van der Waals surface area contributed by atoms with Gasteiger partial charge in [0.1, 0.15) is 0 Å². The van der Waals surface area contributed by atoms with Crippen LogP contribution in [0.2, 0.25) is 0 Å². The molecule has 1 saturated carbocycles. The lowest BCUT2D eigenvalue weighted by molar-refractivity contribution is 0.0575. The van der Waals surface area contributed by atoms with Gasteiger partial charge in [0, 0.05) is 6.23 Å². The largest absolute Gasteiger partial charge is 0.382 e. The fourth-order valence-corrected chi connectivity index (χ4v) is 1.59. The first-order valence-corrected chi connectivity index (χ1v) is 4.40. The van der Waals surface area contributed by atoms with Crippen molar-refractivity contribution < 1.29 is 4.74 Å². The summed E-state index contributed by atoms with van der Waals surface area (Å²) in [5, 5.41) is 0. The number of hydrogen-bond donors (Lipinski definition) is 0. The van der Waals surface area contributed by atoms with Gasteiger partial charge in [-0.1, -0.05) is 19.3 Å². The SMILES string of the molecule is [Si]COC1CCCCC1. The molecule has 0 aromatic rings. The quantitative estimate of drug-likeness (QED) is 0.529. The standard InChI is InChI=1S/C7H13OSi/c9-6-8-7-4-2-1-3-5-7/h7H,1-6H2. The van der Waals surface area contributed by atoms with Crippen molar-refractivity contribution in [1.29, 1.82) is 0 Å². The van der Waals surface area contributed by atoms with Gasteiger partial charge in [0.05, 0.1) is 16.3 Å². The van der Waals surface area contributed by atoms with Gasteiger partial charge in [-0.25, -0.2) is 0 Å². The lowest BCUT2D eigenvalue weighted by Gasteiger charge is -2.20. The summed E-state index contributed by atoms with van der Waals surface area (Å²) < 4.78 is 5.40. The third-order valence-corrected chi connectivity index (χ3v) is 2.04. The maximum Gasteiger partial charge on any atom is 0.0609 e. The van der Waals surface area contributed by atoms with Crippen LogP contribution in [0.3, 0.4) is 0 Å². The summed E-state index contributed by atoms with van der Waals surface area (Å²) in [5.74, 6) is 0. The van der Waals surface area contributed by atoms with Crippen molar-refractivity contribution in [2.45, 2.75) is 38.2 Å². The fourth-order valence-electron chi connectivity index (χ4n) is 1.35. The van der Waals surface area contributed by atoms with E-state index in [9.17, 15) is 0 Å². The van der Waals surface area contributed by atoms with Crippen LogP contribution in [-0.4, -0.2) is 22.6 Å². The van der Waals surface area contributed by atoms with Gasteiger partial charge in [0.15, 0.2) is 0 Å². The lowest BCUT2D eigenvalue weighted by Crippen LogP contribution is -2.16. The van der Waals surface area contributed by atoms with Gasteiger partial charge in [-0.3, -0.25) is 0 Å². The number of ether oxygens (including phenoxy) is 1. The van der Waals surface area contributed by atoms with E-state index in [1.165, 1.54) is 32.1 Å². The van der Waals surface area contributed by atoms with Gasteiger partial charge in [0.25, 0.3) is 0 Å². The van der Waals surface area contributed by atoms with Crippen LogP contribution in [0.1, 0.15) is 32.1 Å². The minimum absolute atomic E-state index is 0.552. The van der Waals surface area contributed by atoms with Crippen LogP contribution in [0.4, 0.5) is 0 Å². The minimum atomic E-state index is 0.552. The second-order valence-corrected chi connectivity index (χ2v) is 2.86. The molecule has 0 spiro atoms. The molecule has 1 rings (SSSR count). The molecule has 0 atom stereocenters. The zero-order valence-corrected chi connectivity index (χ0v) is 6.73. The highest BCUT2D eigenvalue weighted by Crippen LogP contribution is 2.19. The highest BCUT2D eigenvalue weighted by molar-refractivity contribution is 6.08. The summed E-state index contributed by atoms with van der Waals surface area (Å²) in [6.07, 6.45) is 7.91. The summed E-state index contributed by atoms with van der Waals surface area (Å²) in [4.78, 5) is 0. The van der Waals surface area contributed by atoms with Gasteiger partial charge < -0.3 is 4.74 Å². The van der Waals surface area contributed by atoms with E-state index >= 15 is 0 Å². The van der Waals surface area contributed by atoms with Crippen LogP contribution in [-0.2, 0) is 4.74 Å². The van der Waals surface area contributed by atoms with Crippen LogP contribution >= 0.6 is 0 Å². The van der Waals surface area contributed by atoms with E-state index in [1.54, 1.807) is 0 Å². The van der Waals surface area contributed by atoms with E-state index < -0.39 is 0 Å². The molecule has 0 unspecified atom stereocenters. The Morgan fingerprint density at radius 2 is 1.89 bits per heavy atom. The third kappa shape index (κ3) is 2.50. The molecule has 0 aromatic carbocycles. The Morgan fingerprint density at radius 3 is 2.44 bits per heavy atom. The highest BCUT2D eigenvalue weighted by Gasteiger charge is 2.11. The second-order valence-electron chi connectivity index (χ2n) is 2.57. The molecule has 51 valence electrons. The molecule has 0 heterocycles. The van der Waals surface area contributed by atoms with Crippen molar-refractivity contribution in [3.8, 4) is 0 Å². The van der Waals surface area contributed by atoms with Gasteiger partial charge in [-0.05, 0) is 12.8 Å². The molecule has 1 aliphatic carbocycles. The zero-order valence-electron chi connectivity index (χ0n) is 5.73. The Labute approximate surface area is 60.2 Å². The molecule has 1 nitrogen and oxygen atoms in total. The Kier molecular flexibility index (Phi) is 3.29. The lowest BCUT2D eigenvalue weighted by atomic mass is 9.98. The molecule has 1 fully saturated rings. The molecule has 0 aromatic heterocycles. The first kappa shape index (κ1) is 7.29. The molecule has 0 amide bonds. The fraction of sp³-hybridized carbons (Fsp3) is 1.00. The first-order valence-electron chi connectivity index (χ1n) is 3.69. The highest BCUT2D eigenvalue weighted by atomic mass is 28.1. The Balaban J connectivity index is 2.08. The van der Waals surface area contributed by atoms with Crippen LogP contribution in [0.15, 0.2) is 0 Å². The molecule has 0 bridgehead atoms. The number of rotatable bonds is 2. The second kappa shape index (κ2) is 4.07. The van der Waals surface area contributed by atoms with Gasteiger partial charge in [-0.2, -0.15) is 0 Å². The monoisotopic (exact) mass is 141 g/mol. The van der Waals surface area contributed by atoms with Crippen LogP contribution in [0.5, 0.6) is 0 Å². The summed E-state index contributed by atoms with van der Waals surface area (Å²) in [6, 6.07) is 0. The Hall–Kier alpha value is 0.177. The average molecular weight is 141 g/mol. The first-order chi connectivity index (χ1) is 4.43. The Morgan fingerprint density at radius 1 is 1.22 bits per heavy atom. The molecule has 0 saturated heterocycles. The van der Waals surface area contributed by atoms with E-state index in [4.69, 9.17) is 4.74 Å². The summed E-state index contributed by atoms with van der Waals surface area (Å²) in [6.45, 7) is 0. The van der Waals surface area contributed by atoms with Crippen molar-refractivity contribution in [2.75, 3.05) is 6.23 Å². The maximum atomic E-state index is 5.40. The Bertz CT molecular complexity index is 66.6. The molecular formula is C7H13OSi. The summed E-state index contributed by atoms with van der Waals surface area (Å²) in [7, 11) is 3.31.